The molecule has 0 spiro atoms. The van der Waals surface area contributed by atoms with Gasteiger partial charge in [-0.1, -0.05) is 109 Å². The molecule has 1 aliphatic heterocycles. The second kappa shape index (κ2) is 19.4. The highest BCUT2D eigenvalue weighted by atomic mass is 79.9. The predicted octanol–water partition coefficient (Wildman–Crippen LogP) is 10.3. The number of methoxy groups -OCH3 is 1. The van der Waals surface area contributed by atoms with Gasteiger partial charge in [-0.25, -0.2) is 0 Å². The van der Waals surface area contributed by atoms with E-state index in [1.807, 2.05) is 160 Å². The fourth-order valence-corrected chi connectivity index (χ4v) is 6.02. The smallest absolute Gasteiger partial charge is 0.468 e. The summed E-state index contributed by atoms with van der Waals surface area (Å²) in [7, 11) is 0.973. The van der Waals surface area contributed by atoms with Crippen LogP contribution in [0.25, 0.3) is 10.8 Å². The van der Waals surface area contributed by atoms with Crippen molar-refractivity contribution < 1.29 is 32.8 Å². The van der Waals surface area contributed by atoms with Crippen molar-refractivity contribution in [3.63, 3.8) is 0 Å². The first-order valence-corrected chi connectivity index (χ1v) is 19.5. The van der Waals surface area contributed by atoms with Crippen molar-refractivity contribution in [3.05, 3.63) is 135 Å². The lowest BCUT2D eigenvalue weighted by Crippen LogP contribution is -2.41. The van der Waals surface area contributed by atoms with Gasteiger partial charge in [0.25, 0.3) is 5.24 Å². The number of fused-ring (bicyclic) bond motifs is 1. The van der Waals surface area contributed by atoms with Crippen LogP contribution < -0.4 is 11.2 Å². The SMILES string of the molecule is CC(C)(C)c1ccc(C=O)o1.COC(=O)C(C)(C)c1cccc(B2OC(C)(C)C(C)(C)O2)c1.Cc1ccc2ccccc2c1C(=O)Cl.NCc1ccc(Br)cc1. The van der Waals surface area contributed by atoms with E-state index in [9.17, 15) is 14.4 Å². The monoisotopic (exact) mass is 845 g/mol. The molecule has 1 saturated heterocycles. The molecule has 4 aromatic carbocycles. The third-order valence-corrected chi connectivity index (χ3v) is 10.5. The number of aryl methyl sites for hydroxylation is 1. The maximum Gasteiger partial charge on any atom is 0.494 e. The van der Waals surface area contributed by atoms with Crippen LogP contribution in [0.4, 0.5) is 0 Å². The lowest BCUT2D eigenvalue weighted by atomic mass is 9.75. The number of carbonyl (C=O) groups is 3. The Hall–Kier alpha value is -4.06. The summed E-state index contributed by atoms with van der Waals surface area (Å²) in [6, 6.07) is 30.9. The average Bonchev–Trinajstić information content (AvgIpc) is 3.73. The van der Waals surface area contributed by atoms with E-state index in [4.69, 9.17) is 35.8 Å². The Balaban J connectivity index is 0.000000213. The number of benzene rings is 4. The molecule has 298 valence electrons. The molecule has 0 radical (unpaired) electrons. The van der Waals surface area contributed by atoms with Crippen LogP contribution in [0.1, 0.15) is 106 Å². The molecule has 0 bridgehead atoms. The van der Waals surface area contributed by atoms with Crippen LogP contribution in [0, 0.1) is 6.92 Å². The van der Waals surface area contributed by atoms with E-state index < -0.39 is 12.5 Å². The van der Waals surface area contributed by atoms with Gasteiger partial charge in [0, 0.05) is 22.0 Å². The van der Waals surface area contributed by atoms with Crippen molar-refractivity contribution in [1.82, 2.24) is 0 Å². The van der Waals surface area contributed by atoms with E-state index in [0.717, 1.165) is 43.9 Å². The van der Waals surface area contributed by atoms with E-state index in [2.05, 4.69) is 15.9 Å². The number of esters is 1. The van der Waals surface area contributed by atoms with E-state index in [1.165, 1.54) is 12.7 Å². The van der Waals surface area contributed by atoms with E-state index in [1.54, 1.807) is 6.07 Å². The highest BCUT2D eigenvalue weighted by Crippen LogP contribution is 2.37. The summed E-state index contributed by atoms with van der Waals surface area (Å²) in [6.45, 7) is 20.4. The number of nitrogens with two attached hydrogens (primary N) is 1. The van der Waals surface area contributed by atoms with Gasteiger partial charge in [0.05, 0.1) is 23.7 Å². The van der Waals surface area contributed by atoms with Crippen LogP contribution in [0.15, 0.2) is 106 Å². The molecule has 0 saturated carbocycles. The number of carbonyl (C=O) groups excluding carboxylic acids is 3. The Morgan fingerprint density at radius 3 is 1.96 bits per heavy atom. The topological polar surface area (TPSA) is 118 Å². The molecule has 0 unspecified atom stereocenters. The van der Waals surface area contributed by atoms with Gasteiger partial charge < -0.3 is 24.2 Å². The van der Waals surface area contributed by atoms with Crippen LogP contribution in [-0.2, 0) is 36.2 Å². The molecule has 5 aromatic rings. The molecule has 1 aromatic heterocycles. The third-order valence-electron chi connectivity index (χ3n) is 9.79. The van der Waals surface area contributed by atoms with Crippen molar-refractivity contribution >= 4 is 68.4 Å². The summed E-state index contributed by atoms with van der Waals surface area (Å²) in [5.41, 5.74) is 8.38. The molecule has 0 amide bonds. The normalized spacial score (nSPS) is 14.3. The molecular formula is C45H54BBrClNO7. The molecule has 0 aliphatic carbocycles. The first-order valence-electron chi connectivity index (χ1n) is 18.3. The quantitative estimate of drug-likeness (QED) is 0.0777. The average molecular weight is 847 g/mol. The van der Waals surface area contributed by atoms with Crippen molar-refractivity contribution in [2.75, 3.05) is 7.11 Å². The molecule has 1 aliphatic rings. The minimum atomic E-state index is -0.714. The maximum absolute atomic E-state index is 12.0. The molecule has 8 nitrogen and oxygen atoms in total. The number of rotatable bonds is 6. The van der Waals surface area contributed by atoms with Crippen molar-refractivity contribution in [2.24, 2.45) is 5.73 Å². The standard InChI is InChI=1S/C17H25BO4.C12H9ClO.C9H12O2.C7H8BrN/c1-15(2,14(19)20-7)12-9-8-10-13(11-12)18-21-16(3,4)17(5,6)22-18;1-8-6-7-9-4-2-3-5-10(9)11(8)12(13)14;1-9(2,3)8-5-4-7(6-10)11-8;8-7-3-1-6(5-9)2-4-7/h8-11H,1-7H3;2-7H,1H3;4-6H,1-3H3;1-4H,5,9H2. The van der Waals surface area contributed by atoms with Crippen molar-refractivity contribution in [2.45, 2.75) is 97.8 Å². The van der Waals surface area contributed by atoms with Crippen LogP contribution in [0.3, 0.4) is 0 Å². The molecule has 56 heavy (non-hydrogen) atoms. The minimum absolute atomic E-state index is 0.0126. The predicted molar refractivity (Wildman–Crippen MR) is 231 cm³/mol. The molecule has 2 heterocycles. The van der Waals surface area contributed by atoms with Gasteiger partial charge >= 0.3 is 13.1 Å². The lowest BCUT2D eigenvalue weighted by Gasteiger charge is -2.32. The molecule has 6 rings (SSSR count). The summed E-state index contributed by atoms with van der Waals surface area (Å²) in [5, 5.41) is 1.58. The summed E-state index contributed by atoms with van der Waals surface area (Å²) in [6.07, 6.45) is 0.718. The van der Waals surface area contributed by atoms with E-state index in [0.29, 0.717) is 17.9 Å². The third kappa shape index (κ3) is 12.0. The number of halogens is 2. The Morgan fingerprint density at radius 1 is 0.857 bits per heavy atom. The first kappa shape index (κ1) is 46.3. The highest BCUT2D eigenvalue weighted by molar-refractivity contribution is 9.10. The summed E-state index contributed by atoms with van der Waals surface area (Å²) >= 11 is 8.88. The zero-order chi connectivity index (χ0) is 42.1. The highest BCUT2D eigenvalue weighted by Gasteiger charge is 2.52. The van der Waals surface area contributed by atoms with E-state index >= 15 is 0 Å². The van der Waals surface area contributed by atoms with Gasteiger partial charge in [-0.05, 0) is 117 Å². The second-order valence-electron chi connectivity index (χ2n) is 16.0. The number of hydrogen-bond donors (Lipinski definition) is 1. The maximum atomic E-state index is 12.0. The van der Waals surface area contributed by atoms with Crippen LogP contribution >= 0.6 is 27.5 Å². The van der Waals surface area contributed by atoms with Gasteiger partial charge in [-0.2, -0.15) is 0 Å². The van der Waals surface area contributed by atoms with Gasteiger partial charge in [0.15, 0.2) is 12.0 Å². The molecule has 0 atom stereocenters. The van der Waals surface area contributed by atoms with Gasteiger partial charge in [0.2, 0.25) is 0 Å². The Bertz CT molecular complexity index is 2090. The van der Waals surface area contributed by atoms with Gasteiger partial charge in [-0.15, -0.1) is 0 Å². The molecule has 1 fully saturated rings. The molecule has 2 N–H and O–H groups in total. The van der Waals surface area contributed by atoms with Gasteiger partial charge in [0.1, 0.15) is 5.76 Å². The van der Waals surface area contributed by atoms with Crippen LogP contribution in [-0.4, -0.2) is 42.9 Å². The second-order valence-corrected chi connectivity index (χ2v) is 17.2. The Morgan fingerprint density at radius 2 is 1.46 bits per heavy atom. The summed E-state index contributed by atoms with van der Waals surface area (Å²) in [5.74, 6) is 0.980. The number of furan rings is 1. The number of aldehydes is 1. The zero-order valence-electron chi connectivity index (χ0n) is 34.3. The summed E-state index contributed by atoms with van der Waals surface area (Å²) in [4.78, 5) is 33.5. The number of hydrogen-bond acceptors (Lipinski definition) is 8. The van der Waals surface area contributed by atoms with Crippen molar-refractivity contribution in [1.29, 1.82) is 0 Å². The lowest BCUT2D eigenvalue weighted by molar-refractivity contribution is -0.146. The zero-order valence-corrected chi connectivity index (χ0v) is 36.6. The van der Waals surface area contributed by atoms with Crippen LogP contribution in [0.5, 0.6) is 0 Å². The van der Waals surface area contributed by atoms with E-state index in [-0.39, 0.29) is 27.8 Å². The molecular weight excluding hydrogens is 793 g/mol. The Kier molecular flexibility index (Phi) is 16.0. The fourth-order valence-electron chi connectivity index (χ4n) is 5.51. The first-order chi connectivity index (χ1) is 26.1. The van der Waals surface area contributed by atoms with Gasteiger partial charge in [-0.3, -0.25) is 14.4 Å². The molecule has 11 heteroatoms. The fraction of sp³-hybridized carbons (Fsp3) is 0.356. The minimum Gasteiger partial charge on any atom is -0.468 e. The van der Waals surface area contributed by atoms with Crippen LogP contribution in [0.2, 0.25) is 0 Å². The number of ether oxygens (including phenoxy) is 1. The van der Waals surface area contributed by atoms with Crippen molar-refractivity contribution in [3.8, 4) is 0 Å². The largest absolute Gasteiger partial charge is 0.494 e. The Labute approximate surface area is 345 Å². The summed E-state index contributed by atoms with van der Waals surface area (Å²) < 4.78 is 23.4.